The molecule has 1 aliphatic carbocycles. The minimum absolute atomic E-state index is 0.103. The van der Waals surface area contributed by atoms with E-state index in [2.05, 4.69) is 29.6 Å². The summed E-state index contributed by atoms with van der Waals surface area (Å²) in [5.41, 5.74) is 3.20. The Bertz CT molecular complexity index is 637. The first-order valence-electron chi connectivity index (χ1n) is 7.26. The lowest BCUT2D eigenvalue weighted by Crippen LogP contribution is -2.22. The van der Waals surface area contributed by atoms with Gasteiger partial charge >= 0.3 is 0 Å². The smallest absolute Gasteiger partial charge is 0.165 e. The Morgan fingerprint density at radius 1 is 1.19 bits per heavy atom. The van der Waals surface area contributed by atoms with Crippen LogP contribution in [0.1, 0.15) is 33.9 Å². The predicted octanol–water partition coefficient (Wildman–Crippen LogP) is 3.16. The van der Waals surface area contributed by atoms with E-state index in [1.54, 1.807) is 7.11 Å². The Hall–Kier alpha value is -2.13. The molecule has 2 aromatic rings. The summed E-state index contributed by atoms with van der Waals surface area (Å²) in [4.78, 5) is 12.0. The fourth-order valence-corrected chi connectivity index (χ4v) is 2.83. The molecule has 2 aromatic carbocycles. The zero-order chi connectivity index (χ0) is 14.7. The van der Waals surface area contributed by atoms with E-state index in [1.807, 2.05) is 24.3 Å². The van der Waals surface area contributed by atoms with Gasteiger partial charge in [0.05, 0.1) is 7.11 Å². The van der Waals surface area contributed by atoms with Gasteiger partial charge in [-0.2, -0.15) is 0 Å². The average molecular weight is 281 g/mol. The van der Waals surface area contributed by atoms with Crippen LogP contribution in [0, 0.1) is 0 Å². The SMILES string of the molecule is COc1ccc2c(c1)C(NCCc1ccccc1)CC2=O. The van der Waals surface area contributed by atoms with Crippen LogP contribution in [0.15, 0.2) is 48.5 Å². The first-order chi connectivity index (χ1) is 10.3. The molecule has 1 aliphatic rings. The summed E-state index contributed by atoms with van der Waals surface area (Å²) in [5.74, 6) is 1.02. The molecule has 108 valence electrons. The second kappa shape index (κ2) is 6.10. The third-order valence-corrected chi connectivity index (χ3v) is 3.97. The Morgan fingerprint density at radius 3 is 2.76 bits per heavy atom. The normalized spacial score (nSPS) is 16.8. The molecule has 0 bridgehead atoms. The standard InChI is InChI=1S/C18H19NO2/c1-21-14-7-8-15-16(11-14)17(12-18(15)20)19-10-9-13-5-3-2-4-6-13/h2-8,11,17,19H,9-10,12H2,1H3. The average Bonchev–Trinajstić information content (AvgIpc) is 2.84. The number of ether oxygens (including phenoxy) is 1. The molecule has 1 atom stereocenters. The number of rotatable bonds is 5. The van der Waals surface area contributed by atoms with Gasteiger partial charge in [0.15, 0.2) is 5.78 Å². The zero-order valence-electron chi connectivity index (χ0n) is 12.1. The highest BCUT2D eigenvalue weighted by molar-refractivity contribution is 6.01. The molecule has 1 unspecified atom stereocenters. The van der Waals surface area contributed by atoms with Crippen LogP contribution >= 0.6 is 0 Å². The van der Waals surface area contributed by atoms with E-state index in [-0.39, 0.29) is 11.8 Å². The van der Waals surface area contributed by atoms with E-state index in [0.717, 1.165) is 29.8 Å². The lowest BCUT2D eigenvalue weighted by molar-refractivity contribution is 0.0986. The van der Waals surface area contributed by atoms with Gasteiger partial charge in [0, 0.05) is 18.0 Å². The number of ketones is 1. The summed E-state index contributed by atoms with van der Waals surface area (Å²) >= 11 is 0. The molecule has 0 spiro atoms. The van der Waals surface area contributed by atoms with Gasteiger partial charge < -0.3 is 10.1 Å². The summed E-state index contributed by atoms with van der Waals surface area (Å²) in [6.07, 6.45) is 1.50. The van der Waals surface area contributed by atoms with Crippen LogP contribution in [0.4, 0.5) is 0 Å². The number of Topliss-reactive ketones (excluding diaryl/α,β-unsaturated/α-hetero) is 1. The van der Waals surface area contributed by atoms with Crippen LogP contribution in [0.3, 0.4) is 0 Å². The Labute approximate surface area is 124 Å². The maximum Gasteiger partial charge on any atom is 0.165 e. The van der Waals surface area contributed by atoms with Crippen molar-refractivity contribution in [2.45, 2.75) is 18.9 Å². The number of carbonyl (C=O) groups excluding carboxylic acids is 1. The van der Waals surface area contributed by atoms with Gasteiger partial charge in [-0.25, -0.2) is 0 Å². The van der Waals surface area contributed by atoms with Crippen LogP contribution in [0.2, 0.25) is 0 Å². The molecule has 0 saturated heterocycles. The van der Waals surface area contributed by atoms with Crippen LogP contribution in [0.25, 0.3) is 0 Å². The van der Waals surface area contributed by atoms with Gasteiger partial charge in [0.1, 0.15) is 5.75 Å². The van der Waals surface area contributed by atoms with Crippen LogP contribution in [-0.4, -0.2) is 19.4 Å². The third-order valence-electron chi connectivity index (χ3n) is 3.97. The number of carbonyl (C=O) groups is 1. The Morgan fingerprint density at radius 2 is 2.00 bits per heavy atom. The fourth-order valence-electron chi connectivity index (χ4n) is 2.83. The summed E-state index contributed by atoms with van der Waals surface area (Å²) in [6, 6.07) is 16.2. The van der Waals surface area contributed by atoms with E-state index in [0.29, 0.717) is 6.42 Å². The molecule has 3 heteroatoms. The van der Waals surface area contributed by atoms with Crippen LogP contribution < -0.4 is 10.1 Å². The Kier molecular flexibility index (Phi) is 4.02. The quantitative estimate of drug-likeness (QED) is 0.915. The van der Waals surface area contributed by atoms with Crippen molar-refractivity contribution >= 4 is 5.78 Å². The highest BCUT2D eigenvalue weighted by atomic mass is 16.5. The molecule has 0 fully saturated rings. The van der Waals surface area contributed by atoms with Crippen molar-refractivity contribution in [1.82, 2.24) is 5.32 Å². The van der Waals surface area contributed by atoms with Crippen molar-refractivity contribution < 1.29 is 9.53 Å². The maximum absolute atomic E-state index is 12.0. The maximum atomic E-state index is 12.0. The topological polar surface area (TPSA) is 38.3 Å². The molecule has 21 heavy (non-hydrogen) atoms. The highest BCUT2D eigenvalue weighted by Crippen LogP contribution is 2.33. The van der Waals surface area contributed by atoms with Gasteiger partial charge in [0.2, 0.25) is 0 Å². The van der Waals surface area contributed by atoms with Gasteiger partial charge in [-0.1, -0.05) is 30.3 Å². The summed E-state index contributed by atoms with van der Waals surface area (Å²) in [5, 5.41) is 3.49. The van der Waals surface area contributed by atoms with E-state index < -0.39 is 0 Å². The van der Waals surface area contributed by atoms with Crippen molar-refractivity contribution in [3.63, 3.8) is 0 Å². The summed E-state index contributed by atoms with van der Waals surface area (Å²) < 4.78 is 5.26. The number of fused-ring (bicyclic) bond motifs is 1. The zero-order valence-corrected chi connectivity index (χ0v) is 12.1. The molecule has 0 amide bonds. The van der Waals surface area contributed by atoms with Gasteiger partial charge in [-0.05, 0) is 42.3 Å². The molecular formula is C18H19NO2. The van der Waals surface area contributed by atoms with Crippen LogP contribution in [0.5, 0.6) is 5.75 Å². The van der Waals surface area contributed by atoms with E-state index in [9.17, 15) is 4.79 Å². The third kappa shape index (κ3) is 2.98. The van der Waals surface area contributed by atoms with E-state index >= 15 is 0 Å². The summed E-state index contributed by atoms with van der Waals surface area (Å²) in [7, 11) is 1.65. The number of hydrogen-bond donors (Lipinski definition) is 1. The first kappa shape index (κ1) is 13.8. The number of methoxy groups -OCH3 is 1. The van der Waals surface area contributed by atoms with Gasteiger partial charge in [-0.3, -0.25) is 4.79 Å². The minimum atomic E-state index is 0.103. The van der Waals surface area contributed by atoms with Crippen LogP contribution in [-0.2, 0) is 6.42 Å². The highest BCUT2D eigenvalue weighted by Gasteiger charge is 2.29. The molecule has 0 radical (unpaired) electrons. The summed E-state index contributed by atoms with van der Waals surface area (Å²) in [6.45, 7) is 0.860. The van der Waals surface area contributed by atoms with Gasteiger partial charge in [0.25, 0.3) is 0 Å². The molecular weight excluding hydrogens is 262 g/mol. The minimum Gasteiger partial charge on any atom is -0.497 e. The predicted molar refractivity (Wildman–Crippen MR) is 82.8 cm³/mol. The van der Waals surface area contributed by atoms with E-state index in [4.69, 9.17) is 4.74 Å². The molecule has 0 saturated carbocycles. The van der Waals surface area contributed by atoms with Crippen molar-refractivity contribution in [2.75, 3.05) is 13.7 Å². The second-order valence-electron chi connectivity index (χ2n) is 5.32. The lowest BCUT2D eigenvalue weighted by Gasteiger charge is -2.14. The number of benzene rings is 2. The fraction of sp³-hybridized carbons (Fsp3) is 0.278. The number of hydrogen-bond acceptors (Lipinski definition) is 3. The second-order valence-corrected chi connectivity index (χ2v) is 5.32. The van der Waals surface area contributed by atoms with Crippen molar-refractivity contribution in [1.29, 1.82) is 0 Å². The molecule has 0 aromatic heterocycles. The van der Waals surface area contributed by atoms with Crippen molar-refractivity contribution in [3.05, 3.63) is 65.2 Å². The monoisotopic (exact) mass is 281 g/mol. The van der Waals surface area contributed by atoms with Gasteiger partial charge in [-0.15, -0.1) is 0 Å². The molecule has 0 heterocycles. The molecule has 3 rings (SSSR count). The molecule has 1 N–H and O–H groups in total. The number of nitrogens with one attached hydrogen (secondary N) is 1. The van der Waals surface area contributed by atoms with Crippen molar-refractivity contribution in [3.8, 4) is 5.75 Å². The molecule has 0 aliphatic heterocycles. The lowest BCUT2D eigenvalue weighted by atomic mass is 10.1. The molecule has 3 nitrogen and oxygen atoms in total. The largest absolute Gasteiger partial charge is 0.497 e. The van der Waals surface area contributed by atoms with Crippen molar-refractivity contribution in [2.24, 2.45) is 0 Å². The Balaban J connectivity index is 1.67. The first-order valence-corrected chi connectivity index (χ1v) is 7.26. The van der Waals surface area contributed by atoms with E-state index in [1.165, 1.54) is 5.56 Å².